The van der Waals surface area contributed by atoms with Crippen LogP contribution in [0.3, 0.4) is 0 Å². The molecule has 2 aromatic rings. The molecular weight excluding hydrogens is 278 g/mol. The van der Waals surface area contributed by atoms with Gasteiger partial charge in [0.1, 0.15) is 5.76 Å². The molecule has 1 atom stereocenters. The molecule has 0 radical (unpaired) electrons. The van der Waals surface area contributed by atoms with Crippen LogP contribution in [0.1, 0.15) is 17.4 Å². The van der Waals surface area contributed by atoms with Gasteiger partial charge in [-0.1, -0.05) is 0 Å². The van der Waals surface area contributed by atoms with Crippen LogP contribution in [-0.2, 0) is 6.54 Å². The maximum atomic E-state index is 13.2. The number of aromatic hydroxyl groups is 1. The first kappa shape index (κ1) is 15.5. The number of rotatable bonds is 6. The van der Waals surface area contributed by atoms with Crippen molar-refractivity contribution >= 4 is 0 Å². The van der Waals surface area contributed by atoms with E-state index in [0.29, 0.717) is 18.7 Å². The second kappa shape index (κ2) is 6.69. The summed E-state index contributed by atoms with van der Waals surface area (Å²) in [4.78, 5) is 1.99. The molecule has 0 aliphatic carbocycles. The lowest BCUT2D eigenvalue weighted by molar-refractivity contribution is 0.250. The monoisotopic (exact) mass is 296 g/mol. The van der Waals surface area contributed by atoms with Crippen LogP contribution in [0.2, 0.25) is 0 Å². The maximum Gasteiger partial charge on any atom is 0.187 e. The molecule has 0 saturated heterocycles. The number of phenolic OH excluding ortho intramolecular Hbond substituents is 1. The Kier molecular flexibility index (Phi) is 4.93. The van der Waals surface area contributed by atoms with Gasteiger partial charge in [-0.2, -0.15) is 0 Å². The van der Waals surface area contributed by atoms with Gasteiger partial charge < -0.3 is 14.8 Å². The third-order valence-electron chi connectivity index (χ3n) is 3.24. The number of nitrogens with one attached hydrogen (secondary N) is 1. The van der Waals surface area contributed by atoms with Gasteiger partial charge in [0, 0.05) is 13.1 Å². The molecule has 21 heavy (non-hydrogen) atoms. The van der Waals surface area contributed by atoms with Crippen molar-refractivity contribution in [1.82, 2.24) is 10.2 Å². The molecule has 2 rings (SSSR count). The molecule has 0 saturated carbocycles. The largest absolute Gasteiger partial charge is 0.503 e. The van der Waals surface area contributed by atoms with Crippen LogP contribution in [0.4, 0.5) is 8.78 Å². The quantitative estimate of drug-likeness (QED) is 0.860. The van der Waals surface area contributed by atoms with E-state index in [0.717, 1.165) is 17.9 Å². The Morgan fingerprint density at radius 3 is 2.48 bits per heavy atom. The van der Waals surface area contributed by atoms with Crippen molar-refractivity contribution in [2.75, 3.05) is 20.6 Å². The number of hydrogen-bond donors (Lipinski definition) is 2. The van der Waals surface area contributed by atoms with E-state index in [2.05, 4.69) is 5.32 Å². The molecule has 0 bridgehead atoms. The van der Waals surface area contributed by atoms with Crippen LogP contribution in [0, 0.1) is 11.6 Å². The lowest BCUT2D eigenvalue weighted by atomic mass is 10.1. The third kappa shape index (κ3) is 3.80. The average Bonchev–Trinajstić information content (AvgIpc) is 2.94. The number of halogens is 2. The topological polar surface area (TPSA) is 48.6 Å². The van der Waals surface area contributed by atoms with Crippen LogP contribution in [0.15, 0.2) is 34.9 Å². The fourth-order valence-corrected chi connectivity index (χ4v) is 2.09. The maximum absolute atomic E-state index is 13.2. The van der Waals surface area contributed by atoms with E-state index in [4.69, 9.17) is 9.52 Å². The normalized spacial score (nSPS) is 12.8. The number of nitrogens with zero attached hydrogens (tertiary/aromatic N) is 1. The Bertz CT molecular complexity index is 562. The fourth-order valence-electron chi connectivity index (χ4n) is 2.09. The minimum absolute atomic E-state index is 0.0202. The van der Waals surface area contributed by atoms with Crippen molar-refractivity contribution in [1.29, 1.82) is 0 Å². The average molecular weight is 296 g/mol. The predicted molar refractivity (Wildman–Crippen MR) is 74.9 cm³/mol. The number of hydrogen-bond acceptors (Lipinski definition) is 4. The molecule has 1 unspecified atom stereocenters. The van der Waals surface area contributed by atoms with Gasteiger partial charge in [0.15, 0.2) is 17.4 Å². The van der Waals surface area contributed by atoms with Gasteiger partial charge in [-0.15, -0.1) is 0 Å². The number of likely N-dealkylation sites (N-methyl/N-ethyl adjacent to an activating group) is 1. The van der Waals surface area contributed by atoms with E-state index in [1.54, 1.807) is 6.26 Å². The molecule has 1 aromatic heterocycles. The molecular formula is C15H18F2N2O2. The van der Waals surface area contributed by atoms with Crippen LogP contribution in [-0.4, -0.2) is 30.6 Å². The SMILES string of the molecule is CN(C)C(CNCc1cc(F)c(O)c(F)c1)c1ccco1. The van der Waals surface area contributed by atoms with Crippen molar-refractivity contribution < 1.29 is 18.3 Å². The zero-order chi connectivity index (χ0) is 15.4. The first-order valence-electron chi connectivity index (χ1n) is 6.56. The van der Waals surface area contributed by atoms with Crippen LogP contribution >= 0.6 is 0 Å². The highest BCUT2D eigenvalue weighted by Gasteiger charge is 2.16. The van der Waals surface area contributed by atoms with Gasteiger partial charge >= 0.3 is 0 Å². The first-order valence-corrected chi connectivity index (χ1v) is 6.56. The Morgan fingerprint density at radius 2 is 1.95 bits per heavy atom. The predicted octanol–water partition coefficient (Wildman–Crippen LogP) is 2.66. The van der Waals surface area contributed by atoms with E-state index in [1.807, 2.05) is 31.1 Å². The summed E-state index contributed by atoms with van der Waals surface area (Å²) in [6.45, 7) is 0.851. The standard InChI is InChI=1S/C15H18F2N2O2/c1-19(2)13(14-4-3-5-21-14)9-18-8-10-6-11(16)15(20)12(17)7-10/h3-7,13,18,20H,8-9H2,1-2H3. The summed E-state index contributed by atoms with van der Waals surface area (Å²) in [5.74, 6) is -2.04. The molecule has 114 valence electrons. The molecule has 0 amide bonds. The van der Waals surface area contributed by atoms with E-state index in [1.165, 1.54) is 0 Å². The van der Waals surface area contributed by atoms with Gasteiger partial charge in [-0.25, -0.2) is 8.78 Å². The number of furan rings is 1. The molecule has 0 aliphatic rings. The molecule has 2 N–H and O–H groups in total. The molecule has 1 aromatic carbocycles. The Morgan fingerprint density at radius 1 is 1.29 bits per heavy atom. The molecule has 4 nitrogen and oxygen atoms in total. The van der Waals surface area contributed by atoms with Gasteiger partial charge in [0.25, 0.3) is 0 Å². The van der Waals surface area contributed by atoms with Gasteiger partial charge in [0.2, 0.25) is 0 Å². The highest BCUT2D eigenvalue weighted by atomic mass is 19.1. The number of phenols is 1. The van der Waals surface area contributed by atoms with Crippen molar-refractivity contribution in [2.45, 2.75) is 12.6 Å². The van der Waals surface area contributed by atoms with E-state index in [-0.39, 0.29) is 6.04 Å². The summed E-state index contributed by atoms with van der Waals surface area (Å²) >= 11 is 0. The zero-order valence-corrected chi connectivity index (χ0v) is 11.9. The molecule has 6 heteroatoms. The Balaban J connectivity index is 1.97. The second-order valence-electron chi connectivity index (χ2n) is 5.03. The summed E-state index contributed by atoms with van der Waals surface area (Å²) in [6.07, 6.45) is 1.61. The molecule has 0 spiro atoms. The van der Waals surface area contributed by atoms with E-state index in [9.17, 15) is 8.78 Å². The van der Waals surface area contributed by atoms with Crippen molar-refractivity contribution in [3.8, 4) is 5.75 Å². The third-order valence-corrected chi connectivity index (χ3v) is 3.24. The van der Waals surface area contributed by atoms with Crippen molar-refractivity contribution in [3.05, 3.63) is 53.5 Å². The zero-order valence-electron chi connectivity index (χ0n) is 11.9. The van der Waals surface area contributed by atoms with Gasteiger partial charge in [-0.05, 0) is 43.9 Å². The smallest absolute Gasteiger partial charge is 0.187 e. The minimum Gasteiger partial charge on any atom is -0.503 e. The summed E-state index contributed by atoms with van der Waals surface area (Å²) in [5, 5.41) is 12.2. The Hall–Kier alpha value is -1.92. The lowest BCUT2D eigenvalue weighted by Crippen LogP contribution is -2.30. The lowest BCUT2D eigenvalue weighted by Gasteiger charge is -2.22. The fraction of sp³-hybridized carbons (Fsp3) is 0.333. The van der Waals surface area contributed by atoms with E-state index < -0.39 is 17.4 Å². The van der Waals surface area contributed by atoms with Crippen LogP contribution < -0.4 is 5.32 Å². The first-order chi connectivity index (χ1) is 9.99. The van der Waals surface area contributed by atoms with Crippen LogP contribution in [0.25, 0.3) is 0 Å². The van der Waals surface area contributed by atoms with Gasteiger partial charge in [-0.3, -0.25) is 4.90 Å². The summed E-state index contributed by atoms with van der Waals surface area (Å²) < 4.78 is 31.9. The summed E-state index contributed by atoms with van der Waals surface area (Å²) in [7, 11) is 3.85. The molecule has 1 heterocycles. The molecule has 0 aliphatic heterocycles. The molecule has 0 fully saturated rings. The highest BCUT2D eigenvalue weighted by Crippen LogP contribution is 2.22. The summed E-state index contributed by atoms with van der Waals surface area (Å²) in [6, 6.07) is 5.95. The van der Waals surface area contributed by atoms with Crippen LogP contribution in [0.5, 0.6) is 5.75 Å². The summed E-state index contributed by atoms with van der Waals surface area (Å²) in [5.41, 5.74) is 0.430. The second-order valence-corrected chi connectivity index (χ2v) is 5.03. The highest BCUT2D eigenvalue weighted by molar-refractivity contribution is 5.29. The Labute approximate surface area is 122 Å². The van der Waals surface area contributed by atoms with Crippen molar-refractivity contribution in [2.24, 2.45) is 0 Å². The van der Waals surface area contributed by atoms with E-state index >= 15 is 0 Å². The minimum atomic E-state index is -0.956. The van der Waals surface area contributed by atoms with Gasteiger partial charge in [0.05, 0.1) is 12.3 Å². The van der Waals surface area contributed by atoms with Crippen molar-refractivity contribution in [3.63, 3.8) is 0 Å². The number of benzene rings is 1.